The third-order valence-electron chi connectivity index (χ3n) is 10.9. The van der Waals surface area contributed by atoms with Crippen molar-refractivity contribution in [1.29, 1.82) is 0 Å². The Morgan fingerprint density at radius 2 is 1.58 bits per heavy atom. The number of alkyl halides is 5. The summed E-state index contributed by atoms with van der Waals surface area (Å²) in [6.45, 7) is -0.494. The van der Waals surface area contributed by atoms with E-state index in [1.54, 1.807) is 24.3 Å². The van der Waals surface area contributed by atoms with Crippen LogP contribution in [-0.2, 0) is 35.5 Å². The lowest BCUT2D eigenvalue weighted by Crippen LogP contribution is -2.52. The van der Waals surface area contributed by atoms with Gasteiger partial charge >= 0.3 is 30.7 Å². The number of nitrogens with zero attached hydrogens (tertiary/aromatic N) is 2. The second kappa shape index (κ2) is 21.4. The molecule has 4 fully saturated rings. The van der Waals surface area contributed by atoms with Crippen molar-refractivity contribution in [2.24, 2.45) is 11.8 Å². The van der Waals surface area contributed by atoms with Gasteiger partial charge in [0.1, 0.15) is 34.0 Å². The number of nitrogens with one attached hydrogen (secondary N) is 1. The highest BCUT2D eigenvalue weighted by molar-refractivity contribution is 7.89. The first-order chi connectivity index (χ1) is 31.2. The number of fused-ring (bicyclic) bond motifs is 3. The number of esters is 2. The summed E-state index contributed by atoms with van der Waals surface area (Å²) in [5.41, 5.74) is 0.636. The van der Waals surface area contributed by atoms with E-state index in [4.69, 9.17) is 52.1 Å². The van der Waals surface area contributed by atoms with Crippen molar-refractivity contribution < 1.29 is 78.3 Å². The number of carboxylic acids is 1. The summed E-state index contributed by atoms with van der Waals surface area (Å²) >= 11 is 12.8. The molecule has 3 atom stereocenters. The minimum atomic E-state index is -5.08. The van der Waals surface area contributed by atoms with Gasteiger partial charge in [0.05, 0.1) is 24.2 Å². The molecule has 4 aromatic rings. The second-order valence-electron chi connectivity index (χ2n) is 15.5. The topological polar surface area (TPSA) is 194 Å². The minimum Gasteiger partial charge on any atom is -0.619 e. The van der Waals surface area contributed by atoms with Crippen LogP contribution in [0.3, 0.4) is 0 Å². The van der Waals surface area contributed by atoms with E-state index in [0.29, 0.717) is 22.6 Å². The molecule has 2 unspecified atom stereocenters. The van der Waals surface area contributed by atoms with Crippen molar-refractivity contribution in [3.63, 3.8) is 0 Å². The van der Waals surface area contributed by atoms with Crippen molar-refractivity contribution in [2.45, 2.75) is 68.0 Å². The Kier molecular flexibility index (Phi) is 16.2. The maximum Gasteiger partial charge on any atom is 0.490 e. The Morgan fingerprint density at radius 3 is 2.14 bits per heavy atom. The maximum absolute atomic E-state index is 14.0. The van der Waals surface area contributed by atoms with E-state index < -0.39 is 59.0 Å². The van der Waals surface area contributed by atoms with Crippen molar-refractivity contribution in [3.8, 4) is 17.2 Å². The second-order valence-corrected chi connectivity index (χ2v) is 18.0. The Balaban J connectivity index is 0.000000952. The fraction of sp³-hybridized carbons (Fsp3) is 0.395. The predicted molar refractivity (Wildman–Crippen MR) is 224 cm³/mol. The van der Waals surface area contributed by atoms with Crippen LogP contribution in [0.1, 0.15) is 64.9 Å². The van der Waals surface area contributed by atoms with Crippen molar-refractivity contribution in [3.05, 3.63) is 117 Å². The zero-order valence-electron chi connectivity index (χ0n) is 34.7. The summed E-state index contributed by atoms with van der Waals surface area (Å²) in [5.74, 6) is -3.83. The average Bonchev–Trinajstić information content (AvgIpc) is 4.11. The number of carbonyl (C=O) groups excluding carboxylic acids is 2. The fourth-order valence-electron chi connectivity index (χ4n) is 7.18. The van der Waals surface area contributed by atoms with Crippen LogP contribution in [0.25, 0.3) is 0 Å². The van der Waals surface area contributed by atoms with Crippen LogP contribution in [0.15, 0.2) is 84.0 Å². The van der Waals surface area contributed by atoms with Gasteiger partial charge in [-0.2, -0.15) is 31.4 Å². The number of aromatic nitrogens is 1. The Labute approximate surface area is 384 Å². The summed E-state index contributed by atoms with van der Waals surface area (Å²) in [6.07, 6.45) is -1.15. The number of pyridine rings is 1. The summed E-state index contributed by atoms with van der Waals surface area (Å²) in [7, 11) is -3.03. The number of hydrogen-bond acceptors (Lipinski definition) is 12. The molecule has 2 N–H and O–H groups in total. The van der Waals surface area contributed by atoms with E-state index in [1.165, 1.54) is 43.5 Å². The van der Waals surface area contributed by atoms with Crippen LogP contribution in [0.4, 0.5) is 22.0 Å². The molecule has 1 saturated carbocycles. The molecule has 4 heterocycles. The van der Waals surface area contributed by atoms with Crippen LogP contribution in [0, 0.1) is 17.0 Å². The van der Waals surface area contributed by atoms with E-state index in [2.05, 4.69) is 14.4 Å². The van der Waals surface area contributed by atoms with Gasteiger partial charge in [-0.25, -0.2) is 22.8 Å². The SMILES string of the molecule is COc1ccc(C(NS(=O)(=O)c2cccc(C(=O)OC(Cc3c(Cl)c[n+]([O-])cc3Cl)c3ccc(OC(F)F)c(OCC4CC4)c3)c2)C(=O)O[C@H]2CN3CCC2CC3)cc1.O=C(O)C(F)(F)F. The van der Waals surface area contributed by atoms with Gasteiger partial charge in [-0.05, 0) is 104 Å². The third-order valence-corrected chi connectivity index (χ3v) is 12.9. The van der Waals surface area contributed by atoms with Crippen LogP contribution < -0.4 is 23.7 Å². The van der Waals surface area contributed by atoms with Gasteiger partial charge in [0.25, 0.3) is 0 Å². The Morgan fingerprint density at radius 1 is 0.939 bits per heavy atom. The summed E-state index contributed by atoms with van der Waals surface area (Å²) in [5, 5.41) is 19.1. The van der Waals surface area contributed by atoms with E-state index in [0.717, 1.165) is 57.2 Å². The molecule has 4 aliphatic rings. The number of carboxylic acid groups (broad SMARTS) is 1. The quantitative estimate of drug-likeness (QED) is 0.0459. The zero-order chi connectivity index (χ0) is 47.9. The molecular weight excluding hydrogens is 948 g/mol. The number of carbonyl (C=O) groups is 3. The molecule has 0 amide bonds. The van der Waals surface area contributed by atoms with Crippen LogP contribution in [0.5, 0.6) is 17.2 Å². The van der Waals surface area contributed by atoms with Gasteiger partial charge in [0, 0.05) is 18.5 Å². The molecule has 1 aromatic heterocycles. The molecule has 3 aliphatic heterocycles. The van der Waals surface area contributed by atoms with Gasteiger partial charge in [-0.15, -0.1) is 0 Å². The number of piperidine rings is 3. The van der Waals surface area contributed by atoms with Crippen LogP contribution in [-0.4, -0.2) is 88.6 Å². The zero-order valence-corrected chi connectivity index (χ0v) is 37.0. The molecule has 8 rings (SSSR count). The highest BCUT2D eigenvalue weighted by atomic mass is 35.5. The standard InChI is InChI=1S/C41H41Cl2F2N3O10S.C2HF3O2/c1-54-29-10-7-26(8-11-29)38(40(50)57-37-22-47-15-13-25(37)14-16-47)46-59(52,53)30-4-2-3-28(17-30)39(49)56-35(19-31-32(42)20-48(51)21-33(31)43)27-9-12-34(58-41(44)45)36(18-27)55-23-24-5-6-24;3-2(4,5)1(6)7/h2-4,7-12,17-18,20-21,24-25,35,37-38,41,46H,5-6,13-16,19,22-23H2,1H3;(H,6,7)/t35?,37-,38?;/m0./s1. The average molecular weight is 991 g/mol. The molecule has 23 heteroatoms. The molecule has 1 aliphatic carbocycles. The number of aliphatic carboxylic acids is 1. The van der Waals surface area contributed by atoms with Crippen molar-refractivity contribution in [2.75, 3.05) is 33.4 Å². The lowest BCUT2D eigenvalue weighted by molar-refractivity contribution is -0.605. The smallest absolute Gasteiger partial charge is 0.490 e. The van der Waals surface area contributed by atoms with Crippen LogP contribution in [0.2, 0.25) is 10.0 Å². The molecule has 15 nitrogen and oxygen atoms in total. The van der Waals surface area contributed by atoms with E-state index >= 15 is 0 Å². The number of ether oxygens (including phenoxy) is 5. The van der Waals surface area contributed by atoms with E-state index in [9.17, 15) is 45.2 Å². The molecule has 0 radical (unpaired) electrons. The molecular formula is C43H42Cl2F5N3O12S. The first-order valence-corrected chi connectivity index (χ1v) is 22.4. The van der Waals surface area contributed by atoms with Gasteiger partial charge in [-0.3, -0.25) is 4.90 Å². The highest BCUT2D eigenvalue weighted by Crippen LogP contribution is 2.38. The number of hydrogen-bond donors (Lipinski definition) is 2. The summed E-state index contributed by atoms with van der Waals surface area (Å²) in [6, 6.07) is 14.0. The Bertz CT molecular complexity index is 2470. The fourth-order valence-corrected chi connectivity index (χ4v) is 9.00. The summed E-state index contributed by atoms with van der Waals surface area (Å²) < 4.78 is 117. The van der Waals surface area contributed by atoms with Gasteiger partial charge in [-0.1, -0.05) is 47.5 Å². The highest BCUT2D eigenvalue weighted by Gasteiger charge is 2.40. The number of methoxy groups -OCH3 is 1. The molecule has 356 valence electrons. The minimum absolute atomic E-state index is 0.0176. The predicted octanol–water partition coefficient (Wildman–Crippen LogP) is 7.46. The van der Waals surface area contributed by atoms with Crippen LogP contribution >= 0.6 is 23.2 Å². The molecule has 0 spiro atoms. The molecule has 66 heavy (non-hydrogen) atoms. The molecule has 3 aromatic carbocycles. The van der Waals surface area contributed by atoms with Gasteiger partial charge < -0.3 is 34.0 Å². The first kappa shape index (κ1) is 49.9. The van der Waals surface area contributed by atoms with Crippen molar-refractivity contribution >= 4 is 51.1 Å². The van der Waals surface area contributed by atoms with E-state index in [1.807, 2.05) is 0 Å². The lowest BCUT2D eigenvalue weighted by atomic mass is 9.86. The number of benzene rings is 3. The largest absolute Gasteiger partial charge is 0.619 e. The molecule has 2 bridgehead atoms. The van der Waals surface area contributed by atoms with E-state index in [-0.39, 0.29) is 68.0 Å². The third kappa shape index (κ3) is 13.3. The van der Waals surface area contributed by atoms with Gasteiger partial charge in [0.15, 0.2) is 23.9 Å². The first-order valence-electron chi connectivity index (χ1n) is 20.2. The normalized spacial score (nSPS) is 18.9. The van der Waals surface area contributed by atoms with Gasteiger partial charge in [0.2, 0.25) is 10.0 Å². The number of halogens is 7. The Hall–Kier alpha value is -5.48. The van der Waals surface area contributed by atoms with Crippen molar-refractivity contribution in [1.82, 2.24) is 9.62 Å². The monoisotopic (exact) mass is 989 g/mol. The number of sulfonamides is 1. The molecule has 3 saturated heterocycles. The maximum atomic E-state index is 14.0. The summed E-state index contributed by atoms with van der Waals surface area (Å²) in [4.78, 5) is 38.5. The number of rotatable bonds is 17. The lowest BCUT2D eigenvalue weighted by Gasteiger charge is -2.44.